The Balaban J connectivity index is 3.42. The van der Waals surface area contributed by atoms with Gasteiger partial charge in [0.1, 0.15) is 12.2 Å². The molecule has 0 aliphatic carbocycles. The van der Waals surface area contributed by atoms with Crippen LogP contribution >= 0.6 is 0 Å². The van der Waals surface area contributed by atoms with E-state index in [1.165, 1.54) is 0 Å². The largest absolute Gasteiger partial charge is 0.460 e. The normalized spacial score (nSPS) is 10.7. The maximum atomic E-state index is 11.2. The first-order valence-electron chi connectivity index (χ1n) is 4.69. The van der Waals surface area contributed by atoms with E-state index in [-0.39, 0.29) is 5.97 Å². The summed E-state index contributed by atoms with van der Waals surface area (Å²) < 4.78 is 10.1. The van der Waals surface area contributed by atoms with Crippen molar-refractivity contribution in [1.29, 1.82) is 0 Å². The molecular formula is C11H18O3. The van der Waals surface area contributed by atoms with Crippen LogP contribution < -0.4 is 0 Å². The lowest BCUT2D eigenvalue weighted by Gasteiger charge is -2.19. The second kappa shape index (κ2) is 6.44. The number of rotatable bonds is 5. The van der Waals surface area contributed by atoms with E-state index in [4.69, 9.17) is 15.9 Å². The molecule has 0 aromatic carbocycles. The molecule has 0 aliphatic heterocycles. The van der Waals surface area contributed by atoms with Gasteiger partial charge in [0.15, 0.2) is 0 Å². The van der Waals surface area contributed by atoms with Crippen LogP contribution in [0.5, 0.6) is 0 Å². The first-order chi connectivity index (χ1) is 6.45. The van der Waals surface area contributed by atoms with Crippen LogP contribution in [0, 0.1) is 12.3 Å². The minimum absolute atomic E-state index is 0.193. The van der Waals surface area contributed by atoms with Crippen LogP contribution in [0.1, 0.15) is 33.6 Å². The summed E-state index contributed by atoms with van der Waals surface area (Å²) in [7, 11) is 0. The molecule has 0 N–H and O–H groups in total. The summed E-state index contributed by atoms with van der Waals surface area (Å²) in [4.78, 5) is 11.2. The van der Waals surface area contributed by atoms with Crippen molar-refractivity contribution >= 4 is 5.97 Å². The summed E-state index contributed by atoms with van der Waals surface area (Å²) in [5, 5.41) is 0. The number of terminal acetylenes is 1. The Hall–Kier alpha value is -1.01. The van der Waals surface area contributed by atoms with Gasteiger partial charge in [0, 0.05) is 13.0 Å². The highest BCUT2D eigenvalue weighted by molar-refractivity contribution is 5.69. The third-order valence-electron chi connectivity index (χ3n) is 1.27. The average molecular weight is 198 g/mol. The summed E-state index contributed by atoms with van der Waals surface area (Å²) in [6.07, 6.45) is 6.01. The van der Waals surface area contributed by atoms with E-state index in [0.29, 0.717) is 26.1 Å². The number of carbonyl (C=O) groups excluding carboxylic acids is 1. The van der Waals surface area contributed by atoms with Gasteiger partial charge in [0.25, 0.3) is 0 Å². The predicted molar refractivity (Wildman–Crippen MR) is 54.7 cm³/mol. The molecule has 0 aromatic heterocycles. The maximum Gasteiger partial charge on any atom is 0.306 e. The molecule has 0 rings (SSSR count). The maximum absolute atomic E-state index is 11.2. The van der Waals surface area contributed by atoms with E-state index in [1.807, 2.05) is 20.8 Å². The highest BCUT2D eigenvalue weighted by Gasteiger charge is 2.15. The van der Waals surface area contributed by atoms with Gasteiger partial charge in [-0.05, 0) is 27.2 Å². The molecule has 14 heavy (non-hydrogen) atoms. The number of hydrogen-bond donors (Lipinski definition) is 0. The molecule has 3 heteroatoms. The number of carbonyl (C=O) groups is 1. The van der Waals surface area contributed by atoms with Gasteiger partial charge < -0.3 is 9.47 Å². The standard InChI is InChI=1S/C11H18O3/c1-5-8-13-9-6-7-10(12)14-11(2,3)4/h1H,6-9H2,2-4H3. The topological polar surface area (TPSA) is 35.5 Å². The average Bonchev–Trinajstić information content (AvgIpc) is 2.00. The molecular weight excluding hydrogens is 180 g/mol. The van der Waals surface area contributed by atoms with Crippen LogP contribution in [0.15, 0.2) is 0 Å². The summed E-state index contributed by atoms with van der Waals surface area (Å²) >= 11 is 0. The Morgan fingerprint density at radius 1 is 1.43 bits per heavy atom. The van der Waals surface area contributed by atoms with Gasteiger partial charge in [-0.2, -0.15) is 0 Å². The minimum atomic E-state index is -0.406. The van der Waals surface area contributed by atoms with Crippen LogP contribution in [0.4, 0.5) is 0 Å². The van der Waals surface area contributed by atoms with Crippen molar-refractivity contribution in [3.63, 3.8) is 0 Å². The molecule has 0 radical (unpaired) electrons. The Morgan fingerprint density at radius 2 is 2.07 bits per heavy atom. The molecule has 0 unspecified atom stereocenters. The van der Waals surface area contributed by atoms with Crippen molar-refractivity contribution < 1.29 is 14.3 Å². The molecule has 0 aliphatic rings. The Labute approximate surface area is 85.8 Å². The van der Waals surface area contributed by atoms with Gasteiger partial charge in [0.2, 0.25) is 0 Å². The fourth-order valence-electron chi connectivity index (χ4n) is 0.842. The van der Waals surface area contributed by atoms with E-state index in [2.05, 4.69) is 5.92 Å². The summed E-state index contributed by atoms with van der Waals surface area (Å²) in [6.45, 7) is 6.34. The number of ether oxygens (including phenoxy) is 2. The van der Waals surface area contributed by atoms with Gasteiger partial charge in [-0.3, -0.25) is 4.79 Å². The molecule has 80 valence electrons. The zero-order chi connectivity index (χ0) is 11.0. The molecule has 0 spiro atoms. The lowest BCUT2D eigenvalue weighted by atomic mass is 10.2. The van der Waals surface area contributed by atoms with E-state index < -0.39 is 5.60 Å². The number of hydrogen-bond acceptors (Lipinski definition) is 3. The first kappa shape index (κ1) is 13.0. The molecule has 0 heterocycles. The lowest BCUT2D eigenvalue weighted by Crippen LogP contribution is -2.23. The third-order valence-corrected chi connectivity index (χ3v) is 1.27. The van der Waals surface area contributed by atoms with Crippen LogP contribution in [0.3, 0.4) is 0 Å². The van der Waals surface area contributed by atoms with Crippen LogP contribution in [0.25, 0.3) is 0 Å². The van der Waals surface area contributed by atoms with Crippen molar-refractivity contribution in [3.05, 3.63) is 0 Å². The van der Waals surface area contributed by atoms with Crippen molar-refractivity contribution in [3.8, 4) is 12.3 Å². The van der Waals surface area contributed by atoms with E-state index in [1.54, 1.807) is 0 Å². The second-order valence-electron chi connectivity index (χ2n) is 3.95. The number of esters is 1. The van der Waals surface area contributed by atoms with Gasteiger partial charge >= 0.3 is 5.97 Å². The van der Waals surface area contributed by atoms with E-state index >= 15 is 0 Å². The second-order valence-corrected chi connectivity index (χ2v) is 3.95. The molecule has 0 saturated carbocycles. The fraction of sp³-hybridized carbons (Fsp3) is 0.727. The van der Waals surface area contributed by atoms with E-state index in [9.17, 15) is 4.79 Å². The molecule has 0 saturated heterocycles. The van der Waals surface area contributed by atoms with Crippen LogP contribution in [-0.4, -0.2) is 24.8 Å². The van der Waals surface area contributed by atoms with Gasteiger partial charge in [-0.1, -0.05) is 5.92 Å². The van der Waals surface area contributed by atoms with Crippen LogP contribution in [-0.2, 0) is 14.3 Å². The van der Waals surface area contributed by atoms with Gasteiger partial charge in [-0.25, -0.2) is 0 Å². The van der Waals surface area contributed by atoms with Crippen LogP contribution in [0.2, 0.25) is 0 Å². The Bertz CT molecular complexity index is 208. The Kier molecular flexibility index (Phi) is 5.98. The van der Waals surface area contributed by atoms with E-state index in [0.717, 1.165) is 0 Å². The smallest absolute Gasteiger partial charge is 0.306 e. The molecule has 0 atom stereocenters. The van der Waals surface area contributed by atoms with Crippen molar-refractivity contribution in [2.75, 3.05) is 13.2 Å². The predicted octanol–water partition coefficient (Wildman–Crippen LogP) is 1.76. The molecule has 0 aromatic rings. The van der Waals surface area contributed by atoms with Crippen molar-refractivity contribution in [1.82, 2.24) is 0 Å². The highest BCUT2D eigenvalue weighted by Crippen LogP contribution is 2.08. The van der Waals surface area contributed by atoms with Gasteiger partial charge in [-0.15, -0.1) is 6.42 Å². The quantitative estimate of drug-likeness (QED) is 0.383. The van der Waals surface area contributed by atoms with Gasteiger partial charge in [0.05, 0.1) is 0 Å². The molecule has 0 bridgehead atoms. The van der Waals surface area contributed by atoms with Crippen molar-refractivity contribution in [2.24, 2.45) is 0 Å². The monoisotopic (exact) mass is 198 g/mol. The van der Waals surface area contributed by atoms with Crippen molar-refractivity contribution in [2.45, 2.75) is 39.2 Å². The Morgan fingerprint density at radius 3 is 2.57 bits per heavy atom. The summed E-state index contributed by atoms with van der Waals surface area (Å²) in [6, 6.07) is 0. The minimum Gasteiger partial charge on any atom is -0.460 e. The molecule has 3 nitrogen and oxygen atoms in total. The summed E-state index contributed by atoms with van der Waals surface area (Å²) in [5.41, 5.74) is -0.406. The fourth-order valence-corrected chi connectivity index (χ4v) is 0.842. The SMILES string of the molecule is C#CCOCCCC(=O)OC(C)(C)C. The summed E-state index contributed by atoms with van der Waals surface area (Å²) in [5.74, 6) is 2.16. The zero-order valence-corrected chi connectivity index (χ0v) is 9.13. The molecule has 0 amide bonds. The molecule has 0 fully saturated rings. The highest BCUT2D eigenvalue weighted by atomic mass is 16.6. The zero-order valence-electron chi connectivity index (χ0n) is 9.13. The lowest BCUT2D eigenvalue weighted by molar-refractivity contribution is -0.155. The first-order valence-corrected chi connectivity index (χ1v) is 4.69. The third kappa shape index (κ3) is 9.08.